The smallest absolute Gasteiger partial charge is 0.184 e. The number of aryl methyl sites for hydroxylation is 1. The molecule has 0 amide bonds. The first-order valence-corrected chi connectivity index (χ1v) is 11.2. The van der Waals surface area contributed by atoms with Crippen molar-refractivity contribution in [2.24, 2.45) is 5.10 Å². The van der Waals surface area contributed by atoms with Crippen LogP contribution in [0.3, 0.4) is 0 Å². The SMILES string of the molecule is CN1N=C(c2cc(-c3cn(CCCN4CCCC4)nn3)cnc2N)N(c2cccc(F)c2F)N1. The Morgan fingerprint density at radius 2 is 1.97 bits per heavy atom. The number of halogens is 2. The van der Waals surface area contributed by atoms with Crippen molar-refractivity contribution in [3.8, 4) is 11.3 Å². The third kappa shape index (κ3) is 4.41. The lowest BCUT2D eigenvalue weighted by atomic mass is 10.1. The first kappa shape index (κ1) is 22.2. The van der Waals surface area contributed by atoms with E-state index >= 15 is 0 Å². The molecule has 10 nitrogen and oxygen atoms in total. The third-order valence-corrected chi connectivity index (χ3v) is 5.93. The van der Waals surface area contributed by atoms with E-state index in [9.17, 15) is 8.78 Å². The maximum absolute atomic E-state index is 14.5. The number of aromatic nitrogens is 4. The molecule has 34 heavy (non-hydrogen) atoms. The van der Waals surface area contributed by atoms with Gasteiger partial charge in [-0.05, 0) is 57.1 Å². The van der Waals surface area contributed by atoms with Crippen LogP contribution in [0.5, 0.6) is 0 Å². The number of hydrogen-bond acceptors (Lipinski definition) is 9. The number of hydrogen-bond donors (Lipinski definition) is 2. The van der Waals surface area contributed by atoms with Gasteiger partial charge in [-0.1, -0.05) is 11.3 Å². The number of nitrogen functional groups attached to an aromatic ring is 1. The van der Waals surface area contributed by atoms with Crippen LogP contribution in [0, 0.1) is 11.6 Å². The van der Waals surface area contributed by atoms with Gasteiger partial charge < -0.3 is 10.6 Å². The van der Waals surface area contributed by atoms with Gasteiger partial charge in [-0.3, -0.25) is 4.68 Å². The van der Waals surface area contributed by atoms with E-state index in [4.69, 9.17) is 5.73 Å². The first-order chi connectivity index (χ1) is 16.5. The molecule has 2 aliphatic heterocycles. The summed E-state index contributed by atoms with van der Waals surface area (Å²) >= 11 is 0. The van der Waals surface area contributed by atoms with E-state index in [1.165, 1.54) is 48.2 Å². The van der Waals surface area contributed by atoms with Gasteiger partial charge in [-0.2, -0.15) is 0 Å². The Morgan fingerprint density at radius 1 is 1.15 bits per heavy atom. The number of pyridine rings is 1. The molecule has 0 saturated carbocycles. The van der Waals surface area contributed by atoms with Gasteiger partial charge in [0.05, 0.1) is 11.8 Å². The molecule has 2 aliphatic rings. The summed E-state index contributed by atoms with van der Waals surface area (Å²) in [6, 6.07) is 5.69. The Kier molecular flexibility index (Phi) is 6.07. The zero-order chi connectivity index (χ0) is 23.7. The van der Waals surface area contributed by atoms with Crippen molar-refractivity contribution in [3.05, 3.63) is 53.9 Å². The van der Waals surface area contributed by atoms with Gasteiger partial charge in [-0.25, -0.2) is 23.9 Å². The highest BCUT2D eigenvalue weighted by atomic mass is 19.2. The maximum atomic E-state index is 14.5. The lowest BCUT2D eigenvalue weighted by Crippen LogP contribution is -2.43. The van der Waals surface area contributed by atoms with E-state index in [1.54, 1.807) is 19.3 Å². The summed E-state index contributed by atoms with van der Waals surface area (Å²) in [5.74, 6) is -1.50. The summed E-state index contributed by atoms with van der Waals surface area (Å²) in [6.45, 7) is 4.17. The predicted molar refractivity (Wildman–Crippen MR) is 124 cm³/mol. The van der Waals surface area contributed by atoms with Crippen LogP contribution >= 0.6 is 0 Å². The number of amidine groups is 1. The van der Waals surface area contributed by atoms with Crippen LogP contribution < -0.4 is 16.3 Å². The third-order valence-electron chi connectivity index (χ3n) is 5.93. The molecule has 0 radical (unpaired) electrons. The van der Waals surface area contributed by atoms with Gasteiger partial charge in [0.1, 0.15) is 17.2 Å². The second-order valence-electron chi connectivity index (χ2n) is 8.38. The quantitative estimate of drug-likeness (QED) is 0.544. The lowest BCUT2D eigenvalue weighted by Gasteiger charge is -2.21. The number of rotatable bonds is 7. The fraction of sp³-hybridized carbons (Fsp3) is 0.364. The molecule has 0 aliphatic carbocycles. The fourth-order valence-corrected chi connectivity index (χ4v) is 4.21. The Morgan fingerprint density at radius 3 is 2.79 bits per heavy atom. The lowest BCUT2D eigenvalue weighted by molar-refractivity contribution is 0.278. The molecule has 5 rings (SSSR count). The van der Waals surface area contributed by atoms with Crippen molar-refractivity contribution >= 4 is 17.3 Å². The number of benzene rings is 1. The molecule has 2 aromatic heterocycles. The highest BCUT2D eigenvalue weighted by Crippen LogP contribution is 2.28. The molecular formula is C22H26F2N10. The zero-order valence-electron chi connectivity index (χ0n) is 18.8. The Labute approximate surface area is 195 Å². The number of nitrogens with zero attached hydrogens (tertiary/aromatic N) is 8. The van der Waals surface area contributed by atoms with Crippen LogP contribution in [0.1, 0.15) is 24.8 Å². The summed E-state index contributed by atoms with van der Waals surface area (Å²) in [7, 11) is 1.64. The Balaban J connectivity index is 1.38. The van der Waals surface area contributed by atoms with Gasteiger partial charge in [-0.15, -0.1) is 15.7 Å². The predicted octanol–water partition coefficient (Wildman–Crippen LogP) is 2.22. The molecule has 0 unspecified atom stereocenters. The summed E-state index contributed by atoms with van der Waals surface area (Å²) in [5, 5.41) is 15.6. The van der Waals surface area contributed by atoms with Crippen molar-refractivity contribution in [2.45, 2.75) is 25.8 Å². The molecule has 1 fully saturated rings. The van der Waals surface area contributed by atoms with E-state index in [0.29, 0.717) is 16.8 Å². The van der Waals surface area contributed by atoms with Crippen molar-refractivity contribution in [1.82, 2.24) is 35.5 Å². The molecule has 1 aromatic carbocycles. The number of nitrogens with two attached hydrogens (primary N) is 1. The maximum Gasteiger partial charge on any atom is 0.184 e. The molecule has 3 aromatic rings. The minimum atomic E-state index is -1.00. The van der Waals surface area contributed by atoms with E-state index in [0.717, 1.165) is 25.6 Å². The highest BCUT2D eigenvalue weighted by Gasteiger charge is 2.29. The Bertz CT molecular complexity index is 1200. The van der Waals surface area contributed by atoms with Crippen LogP contribution in [0.15, 0.2) is 41.8 Å². The second-order valence-corrected chi connectivity index (χ2v) is 8.38. The van der Waals surface area contributed by atoms with E-state index in [-0.39, 0.29) is 17.3 Å². The molecule has 4 heterocycles. The van der Waals surface area contributed by atoms with Crippen LogP contribution in [0.25, 0.3) is 11.3 Å². The normalized spacial score (nSPS) is 16.5. The summed E-state index contributed by atoms with van der Waals surface area (Å²) < 4.78 is 30.2. The number of nitrogens with one attached hydrogen (secondary N) is 1. The standard InChI is InChI=1S/C22H26F2N10/c1-31-28-22(34(30-31)19-7-4-6-17(23)20(19)24)16-12-15(13-26-21(16)25)18-14-33(29-27-18)11-5-10-32-8-2-3-9-32/h4,6-7,12-14,30H,2-3,5,8-11H2,1H3,(H2,25,26). The molecule has 0 spiro atoms. The number of hydrazine groups is 2. The molecule has 0 bridgehead atoms. The molecular weight excluding hydrogens is 442 g/mol. The average molecular weight is 469 g/mol. The zero-order valence-corrected chi connectivity index (χ0v) is 18.8. The van der Waals surface area contributed by atoms with Crippen LogP contribution in [0.2, 0.25) is 0 Å². The first-order valence-electron chi connectivity index (χ1n) is 11.2. The van der Waals surface area contributed by atoms with Gasteiger partial charge >= 0.3 is 0 Å². The Hall–Kier alpha value is -3.64. The number of likely N-dealkylation sites (tertiary alicyclic amines) is 1. The van der Waals surface area contributed by atoms with Crippen molar-refractivity contribution < 1.29 is 8.78 Å². The van der Waals surface area contributed by atoms with E-state index in [2.05, 4.69) is 30.8 Å². The summed E-state index contributed by atoms with van der Waals surface area (Å²) in [4.78, 5) is 6.76. The van der Waals surface area contributed by atoms with Crippen molar-refractivity contribution in [1.29, 1.82) is 0 Å². The number of anilines is 2. The van der Waals surface area contributed by atoms with Crippen LogP contribution in [0.4, 0.5) is 20.3 Å². The molecule has 178 valence electrons. The summed E-state index contributed by atoms with van der Waals surface area (Å²) in [5.41, 5.74) is 10.8. The molecule has 3 N–H and O–H groups in total. The van der Waals surface area contributed by atoms with Crippen LogP contribution in [-0.2, 0) is 6.54 Å². The monoisotopic (exact) mass is 468 g/mol. The number of hydrazone groups is 1. The van der Waals surface area contributed by atoms with Gasteiger partial charge in [0.25, 0.3) is 0 Å². The largest absolute Gasteiger partial charge is 0.383 e. The highest BCUT2D eigenvalue weighted by molar-refractivity contribution is 6.13. The summed E-state index contributed by atoms with van der Waals surface area (Å²) in [6.07, 6.45) is 7.03. The van der Waals surface area contributed by atoms with E-state index in [1.807, 2.05) is 10.9 Å². The average Bonchev–Trinajstić information content (AvgIpc) is 3.58. The van der Waals surface area contributed by atoms with Gasteiger partial charge in [0.2, 0.25) is 0 Å². The van der Waals surface area contributed by atoms with Crippen molar-refractivity contribution in [3.63, 3.8) is 0 Å². The fourth-order valence-electron chi connectivity index (χ4n) is 4.21. The van der Waals surface area contributed by atoms with Crippen LogP contribution in [-0.4, -0.2) is 62.5 Å². The second kappa shape index (κ2) is 9.31. The molecule has 1 saturated heterocycles. The minimum Gasteiger partial charge on any atom is -0.383 e. The molecule has 12 heteroatoms. The molecule has 0 atom stereocenters. The topological polar surface area (TPSA) is 104 Å². The van der Waals surface area contributed by atoms with Crippen molar-refractivity contribution in [2.75, 3.05) is 37.4 Å². The van der Waals surface area contributed by atoms with Gasteiger partial charge in [0, 0.05) is 25.4 Å². The minimum absolute atomic E-state index is 0.0307. The van der Waals surface area contributed by atoms with E-state index < -0.39 is 11.6 Å². The van der Waals surface area contributed by atoms with Gasteiger partial charge in [0.15, 0.2) is 17.5 Å².